The van der Waals surface area contributed by atoms with Gasteiger partial charge in [0.1, 0.15) is 5.82 Å². The van der Waals surface area contributed by atoms with Crippen molar-refractivity contribution in [2.45, 2.75) is 13.5 Å². The molecule has 0 spiro atoms. The maximum atomic E-state index is 13.1. The van der Waals surface area contributed by atoms with Crippen LogP contribution in [-0.4, -0.2) is 0 Å². The molecule has 0 bridgehead atoms. The van der Waals surface area contributed by atoms with Crippen molar-refractivity contribution in [3.8, 4) is 0 Å². The van der Waals surface area contributed by atoms with Crippen molar-refractivity contribution in [3.05, 3.63) is 61.9 Å². The molecule has 2 aromatic carbocycles. The third-order valence-electron chi connectivity index (χ3n) is 2.64. The van der Waals surface area contributed by atoms with Gasteiger partial charge in [-0.25, -0.2) is 4.39 Å². The predicted octanol–water partition coefficient (Wildman–Crippen LogP) is 5.00. The van der Waals surface area contributed by atoms with E-state index in [-0.39, 0.29) is 5.82 Å². The lowest BCUT2D eigenvalue weighted by molar-refractivity contribution is 0.617. The van der Waals surface area contributed by atoms with Gasteiger partial charge in [-0.1, -0.05) is 23.7 Å². The minimum Gasteiger partial charge on any atom is -0.380 e. The first kappa shape index (κ1) is 13.6. The van der Waals surface area contributed by atoms with Gasteiger partial charge in [0.05, 0.1) is 0 Å². The number of rotatable bonds is 3. The van der Waals surface area contributed by atoms with Crippen LogP contribution in [0.1, 0.15) is 11.1 Å². The van der Waals surface area contributed by atoms with Crippen LogP contribution in [0.5, 0.6) is 0 Å². The van der Waals surface area contributed by atoms with Crippen LogP contribution >= 0.6 is 34.2 Å². The summed E-state index contributed by atoms with van der Waals surface area (Å²) in [5.74, 6) is -0.167. The number of anilines is 1. The molecule has 2 rings (SSSR count). The molecule has 0 aliphatic rings. The number of halogens is 3. The second kappa shape index (κ2) is 5.89. The van der Waals surface area contributed by atoms with Gasteiger partial charge in [-0.05, 0) is 64.9 Å². The third kappa shape index (κ3) is 3.36. The summed E-state index contributed by atoms with van der Waals surface area (Å²) in [4.78, 5) is 0. The third-order valence-corrected chi connectivity index (χ3v) is 3.76. The van der Waals surface area contributed by atoms with Crippen molar-refractivity contribution >= 4 is 39.9 Å². The van der Waals surface area contributed by atoms with Crippen molar-refractivity contribution in [1.82, 2.24) is 0 Å². The quantitative estimate of drug-likeness (QED) is 0.744. The maximum Gasteiger partial charge on any atom is 0.126 e. The lowest BCUT2D eigenvalue weighted by Gasteiger charge is -2.09. The average Bonchev–Trinajstić information content (AvgIpc) is 2.32. The molecule has 0 heterocycles. The molecule has 1 N–H and O–H groups in total. The first-order valence-electron chi connectivity index (χ1n) is 5.50. The van der Waals surface area contributed by atoms with E-state index in [1.165, 1.54) is 6.07 Å². The average molecular weight is 376 g/mol. The summed E-state index contributed by atoms with van der Waals surface area (Å²) < 4.78 is 14.2. The molecule has 1 nitrogen and oxygen atoms in total. The van der Waals surface area contributed by atoms with Crippen LogP contribution in [0.2, 0.25) is 5.02 Å². The van der Waals surface area contributed by atoms with Crippen LogP contribution in [-0.2, 0) is 6.54 Å². The zero-order valence-electron chi connectivity index (χ0n) is 9.81. The highest BCUT2D eigenvalue weighted by atomic mass is 127. The van der Waals surface area contributed by atoms with Gasteiger partial charge in [-0.3, -0.25) is 0 Å². The zero-order chi connectivity index (χ0) is 13.1. The van der Waals surface area contributed by atoms with Gasteiger partial charge in [0.15, 0.2) is 0 Å². The molecular formula is C14H12ClFIN. The Kier molecular flexibility index (Phi) is 4.45. The minimum absolute atomic E-state index is 0.167. The van der Waals surface area contributed by atoms with E-state index in [2.05, 4.69) is 27.9 Å². The first-order chi connectivity index (χ1) is 8.56. The molecule has 0 amide bonds. The van der Waals surface area contributed by atoms with Gasteiger partial charge in [-0.2, -0.15) is 0 Å². The first-order valence-corrected chi connectivity index (χ1v) is 6.96. The Morgan fingerprint density at radius 1 is 1.22 bits per heavy atom. The Balaban J connectivity index is 2.09. The molecule has 0 fully saturated rings. The summed E-state index contributed by atoms with van der Waals surface area (Å²) in [6, 6.07) is 10.8. The largest absolute Gasteiger partial charge is 0.380 e. The van der Waals surface area contributed by atoms with E-state index in [9.17, 15) is 4.39 Å². The molecule has 0 saturated heterocycles. The van der Waals surface area contributed by atoms with E-state index in [1.807, 2.05) is 24.3 Å². The van der Waals surface area contributed by atoms with Gasteiger partial charge in [0.2, 0.25) is 0 Å². The van der Waals surface area contributed by atoms with Gasteiger partial charge in [0.25, 0.3) is 0 Å². The van der Waals surface area contributed by atoms with Crippen molar-refractivity contribution < 1.29 is 4.39 Å². The van der Waals surface area contributed by atoms with Crippen molar-refractivity contribution in [2.75, 3.05) is 5.32 Å². The summed E-state index contributed by atoms with van der Waals surface area (Å²) in [7, 11) is 0. The minimum atomic E-state index is -0.167. The summed E-state index contributed by atoms with van der Waals surface area (Å²) in [5, 5.41) is 4.04. The molecule has 0 atom stereocenters. The number of hydrogen-bond acceptors (Lipinski definition) is 1. The Morgan fingerprint density at radius 2 is 2.00 bits per heavy atom. The lowest BCUT2D eigenvalue weighted by atomic mass is 10.1. The van der Waals surface area contributed by atoms with E-state index in [4.69, 9.17) is 11.6 Å². The molecule has 94 valence electrons. The van der Waals surface area contributed by atoms with Crippen molar-refractivity contribution in [2.24, 2.45) is 0 Å². The molecule has 0 radical (unpaired) electrons. The molecule has 0 saturated carbocycles. The number of aryl methyl sites for hydroxylation is 1. The molecule has 0 aromatic heterocycles. The molecule has 0 unspecified atom stereocenters. The molecular weight excluding hydrogens is 364 g/mol. The normalized spacial score (nSPS) is 10.4. The number of nitrogens with one attached hydrogen (secondary N) is 1. The molecule has 4 heteroatoms. The second-order valence-corrected chi connectivity index (χ2v) is 5.66. The Morgan fingerprint density at radius 3 is 2.67 bits per heavy atom. The summed E-state index contributed by atoms with van der Waals surface area (Å²) in [6.07, 6.45) is 0. The van der Waals surface area contributed by atoms with E-state index in [0.717, 1.165) is 19.8 Å². The number of benzene rings is 2. The van der Waals surface area contributed by atoms with Gasteiger partial charge in [0, 0.05) is 20.8 Å². The number of hydrogen-bond donors (Lipinski definition) is 1. The second-order valence-electron chi connectivity index (χ2n) is 4.06. The molecule has 2 aromatic rings. The van der Waals surface area contributed by atoms with Crippen LogP contribution in [0.15, 0.2) is 36.4 Å². The summed E-state index contributed by atoms with van der Waals surface area (Å²) >= 11 is 8.13. The summed E-state index contributed by atoms with van der Waals surface area (Å²) in [5.41, 5.74) is 2.75. The highest BCUT2D eigenvalue weighted by Gasteiger charge is 2.02. The maximum absolute atomic E-state index is 13.1. The van der Waals surface area contributed by atoms with Crippen LogP contribution < -0.4 is 5.32 Å². The predicted molar refractivity (Wildman–Crippen MR) is 82.6 cm³/mol. The van der Waals surface area contributed by atoms with Crippen LogP contribution in [0.25, 0.3) is 0 Å². The highest BCUT2D eigenvalue weighted by molar-refractivity contribution is 14.1. The Bertz CT molecular complexity index is 572. The van der Waals surface area contributed by atoms with Crippen LogP contribution in [0.4, 0.5) is 10.1 Å². The van der Waals surface area contributed by atoms with Crippen molar-refractivity contribution in [3.63, 3.8) is 0 Å². The topological polar surface area (TPSA) is 12.0 Å². The van der Waals surface area contributed by atoms with E-state index in [0.29, 0.717) is 12.1 Å². The SMILES string of the molecule is Cc1cc(CNc2ccc(Cl)cc2I)ccc1F. The summed E-state index contributed by atoms with van der Waals surface area (Å²) in [6.45, 7) is 2.43. The van der Waals surface area contributed by atoms with E-state index in [1.54, 1.807) is 13.0 Å². The van der Waals surface area contributed by atoms with E-state index < -0.39 is 0 Å². The monoisotopic (exact) mass is 375 g/mol. The van der Waals surface area contributed by atoms with E-state index >= 15 is 0 Å². The molecule has 18 heavy (non-hydrogen) atoms. The van der Waals surface area contributed by atoms with Gasteiger partial charge >= 0.3 is 0 Å². The Hall–Kier alpha value is -0.810. The van der Waals surface area contributed by atoms with Gasteiger partial charge < -0.3 is 5.32 Å². The van der Waals surface area contributed by atoms with Crippen molar-refractivity contribution in [1.29, 1.82) is 0 Å². The fourth-order valence-electron chi connectivity index (χ4n) is 1.65. The standard InChI is InChI=1S/C14H12ClFIN/c1-9-6-10(2-4-12(9)16)8-18-14-5-3-11(15)7-13(14)17/h2-7,18H,8H2,1H3. The van der Waals surface area contributed by atoms with Gasteiger partial charge in [-0.15, -0.1) is 0 Å². The zero-order valence-corrected chi connectivity index (χ0v) is 12.7. The fraction of sp³-hybridized carbons (Fsp3) is 0.143. The Labute approximate surface area is 124 Å². The molecule has 0 aliphatic carbocycles. The lowest BCUT2D eigenvalue weighted by Crippen LogP contribution is -2.01. The van der Waals surface area contributed by atoms with Crippen LogP contribution in [0, 0.1) is 16.3 Å². The molecule has 0 aliphatic heterocycles. The smallest absolute Gasteiger partial charge is 0.126 e. The highest BCUT2D eigenvalue weighted by Crippen LogP contribution is 2.23. The van der Waals surface area contributed by atoms with Crippen LogP contribution in [0.3, 0.4) is 0 Å². The fourth-order valence-corrected chi connectivity index (χ4v) is 2.71.